The number of nitrogens with zero attached hydrogens (tertiary/aromatic N) is 4. The SMILES string of the molecule is CC(C)(C)C(c1ccccc1)c1ccc(Cl)cc1.CC(C)(C)Cc1c2ccccc2cc2ccccc12.CC(C)(C)Cc1ccc(S(N)(=O)=O)cc1.CC(C)(C)Cc1cccc(CN=[N+]=[N-])c1.CC(C)(C)Cc1cccc([N+](=O)[O-])c1.CC(C)(C)Cc1ccccc1-c1ccccc1.Cc1ccc(CC(C)(C)C)cc1.Cc1ccc(CC(C)(C)C)cc1.Cc1cccc(CC(C)(C)C)c1. The van der Waals surface area contributed by atoms with Gasteiger partial charge in [0.05, 0.1) is 16.4 Å². The lowest BCUT2D eigenvalue weighted by Crippen LogP contribution is -2.19. The highest BCUT2D eigenvalue weighted by Crippen LogP contribution is 2.42. The van der Waals surface area contributed by atoms with Crippen LogP contribution in [0, 0.1) is 79.6 Å². The summed E-state index contributed by atoms with van der Waals surface area (Å²) in [6, 6.07) is 106. The number of hydrogen-bond donors (Lipinski definition) is 1. The number of benzene rings is 13. The summed E-state index contributed by atoms with van der Waals surface area (Å²) in [5.41, 5.74) is 32.2. The molecule has 716 valence electrons. The van der Waals surface area contributed by atoms with Crippen LogP contribution < -0.4 is 5.14 Å². The summed E-state index contributed by atoms with van der Waals surface area (Å²) in [4.78, 5) is 13.1. The average Bonchev–Trinajstić information content (AvgIpc) is 0.764. The summed E-state index contributed by atoms with van der Waals surface area (Å²) in [5, 5.41) is 25.4. The van der Waals surface area contributed by atoms with E-state index in [1.165, 1.54) is 99.9 Å². The van der Waals surface area contributed by atoms with Crippen LogP contribution in [0.1, 0.15) is 271 Å². The summed E-state index contributed by atoms with van der Waals surface area (Å²) in [5.74, 6) is 0.385. The maximum Gasteiger partial charge on any atom is 0.269 e. The van der Waals surface area contributed by atoms with Crippen LogP contribution in [0.2, 0.25) is 5.02 Å². The third-order valence-corrected chi connectivity index (χ3v) is 22.2. The normalized spacial score (nSPS) is 11.9. The molecule has 11 heteroatoms. The molecule has 13 rings (SSSR count). The minimum atomic E-state index is -3.56. The first kappa shape index (κ1) is 114. The van der Waals surface area contributed by atoms with Crippen molar-refractivity contribution in [2.75, 3.05) is 0 Å². The fourth-order valence-electron chi connectivity index (χ4n) is 15.9. The summed E-state index contributed by atoms with van der Waals surface area (Å²) in [7, 11) is -3.56. The number of fused-ring (bicyclic) bond motifs is 2. The lowest BCUT2D eigenvalue weighted by Gasteiger charge is -2.31. The third kappa shape index (κ3) is 47.5. The highest BCUT2D eigenvalue weighted by atomic mass is 35.5. The smallest absolute Gasteiger partial charge is 0.258 e. The van der Waals surface area contributed by atoms with Gasteiger partial charge in [0.1, 0.15) is 0 Å². The van der Waals surface area contributed by atoms with Gasteiger partial charge in [0.25, 0.3) is 5.69 Å². The zero-order chi connectivity index (χ0) is 100. The largest absolute Gasteiger partial charge is 0.269 e. The van der Waals surface area contributed by atoms with Gasteiger partial charge < -0.3 is 0 Å². The molecule has 0 saturated carbocycles. The first-order valence-electron chi connectivity index (χ1n) is 47.5. The molecule has 0 bridgehead atoms. The first-order chi connectivity index (χ1) is 62.1. The molecule has 1 unspecified atom stereocenters. The number of nitro benzene ring substituents is 1. The molecule has 0 aliphatic heterocycles. The zero-order valence-corrected chi connectivity index (χ0v) is 88.7. The van der Waals surface area contributed by atoms with Gasteiger partial charge in [-0.15, -0.1) is 0 Å². The molecule has 2 N–H and O–H groups in total. The number of aryl methyl sites for hydroxylation is 3. The molecule has 134 heavy (non-hydrogen) atoms. The van der Waals surface area contributed by atoms with E-state index in [1.807, 2.05) is 42.5 Å². The summed E-state index contributed by atoms with van der Waals surface area (Å²) < 4.78 is 22.0. The first-order valence-corrected chi connectivity index (χ1v) is 49.4. The van der Waals surface area contributed by atoms with Crippen LogP contribution in [0.4, 0.5) is 5.69 Å². The Morgan fingerprint density at radius 2 is 0.701 bits per heavy atom. The van der Waals surface area contributed by atoms with Crippen molar-refractivity contribution in [3.8, 4) is 11.1 Å². The minimum absolute atomic E-state index is 0.162. The van der Waals surface area contributed by atoms with Crippen LogP contribution in [0.25, 0.3) is 43.1 Å². The van der Waals surface area contributed by atoms with E-state index < -0.39 is 10.0 Å². The fourth-order valence-corrected chi connectivity index (χ4v) is 16.5. The average molecular weight is 1840 g/mol. The Kier molecular flexibility index (Phi) is 44.0. The van der Waals surface area contributed by atoms with Gasteiger partial charge in [-0.1, -0.05) is 487 Å². The topological polar surface area (TPSA) is 152 Å². The molecule has 0 aromatic heterocycles. The molecule has 13 aromatic rings. The predicted octanol–water partition coefficient (Wildman–Crippen LogP) is 36.0. The zero-order valence-electron chi connectivity index (χ0n) is 87.2. The van der Waals surface area contributed by atoms with Gasteiger partial charge in [-0.05, 0) is 251 Å². The van der Waals surface area contributed by atoms with Crippen molar-refractivity contribution >= 4 is 48.9 Å². The Labute approximate surface area is 815 Å². The fraction of sp³-hybridized carbons (Fsp3) is 0.398. The lowest BCUT2D eigenvalue weighted by atomic mass is 9.73. The number of rotatable bonds is 15. The van der Waals surface area contributed by atoms with E-state index in [0.29, 0.717) is 39.5 Å². The van der Waals surface area contributed by atoms with Crippen LogP contribution in [0.15, 0.2) is 319 Å². The number of non-ortho nitro benzene ring substituents is 1. The Balaban J connectivity index is 0.000000268. The highest BCUT2D eigenvalue weighted by molar-refractivity contribution is 7.89. The maximum atomic E-state index is 11.0. The van der Waals surface area contributed by atoms with Crippen LogP contribution in [-0.2, 0) is 67.9 Å². The number of azide groups is 1. The standard InChI is InChI=1S/C19H20.C17H19Cl.C17H20.C12H17N3.3C12H18.C11H17NO2S.C11H15NO2/c1-19(2,3)13-18-16-10-6-4-8-14(16)12-15-9-5-7-11-17(15)18;1-17(2,3)16(13-7-5-4-6-8-13)14-9-11-15(18)12-10-14;1-17(2,3)13-15-11-7-8-12-16(15)14-9-5-4-6-10-14;1-12(2,3)8-10-5-4-6-11(7-10)9-14-15-13;2*1-10-5-7-11(8-6-10)9-12(2,3)4;1-10-6-5-7-11(8-10)9-12(2,3)4;1-11(2,3)8-9-4-6-10(7-5-9)15(12,13)14;1-11(2,3)8-9-5-4-6-10(7-9)12(13)14/h4-12H,13H2,1-3H3;4-12,16H,1-3H3;4-12H,13H2,1-3H3;4-7H,8-9H2,1-3H3;3*5-8H,9H2,1-4H3;4-7H,8H2,1-3H3,(H2,12,13,14);4-7H,8H2,1-3H3. The Morgan fingerprint density at radius 3 is 1.10 bits per heavy atom. The van der Waals surface area contributed by atoms with E-state index >= 15 is 0 Å². The second kappa shape index (κ2) is 51.8. The number of halogens is 1. The molecule has 0 aliphatic carbocycles. The van der Waals surface area contributed by atoms with Gasteiger partial charge in [-0.25, -0.2) is 13.6 Å². The van der Waals surface area contributed by atoms with Crippen molar-refractivity contribution in [1.82, 2.24) is 0 Å². The highest BCUT2D eigenvalue weighted by Gasteiger charge is 2.28. The lowest BCUT2D eigenvalue weighted by molar-refractivity contribution is -0.384. The van der Waals surface area contributed by atoms with Gasteiger partial charge in [-0.3, -0.25) is 10.1 Å². The molecule has 0 radical (unpaired) electrons. The molecule has 0 fully saturated rings. The Bertz CT molecular complexity index is 5740. The van der Waals surface area contributed by atoms with Gasteiger partial charge in [0.2, 0.25) is 10.0 Å². The van der Waals surface area contributed by atoms with E-state index in [4.69, 9.17) is 22.3 Å². The van der Waals surface area contributed by atoms with Crippen molar-refractivity contribution in [1.29, 1.82) is 0 Å². The molecule has 1 atom stereocenters. The van der Waals surface area contributed by atoms with Gasteiger partial charge in [0.15, 0.2) is 0 Å². The van der Waals surface area contributed by atoms with Crippen LogP contribution in [0.5, 0.6) is 0 Å². The van der Waals surface area contributed by atoms with Crippen molar-refractivity contribution in [2.24, 2.45) is 59.0 Å². The van der Waals surface area contributed by atoms with E-state index in [-0.39, 0.29) is 37.2 Å². The van der Waals surface area contributed by atoms with Crippen molar-refractivity contribution < 1.29 is 13.3 Å². The maximum absolute atomic E-state index is 11.0. The van der Waals surface area contributed by atoms with Crippen LogP contribution >= 0.6 is 11.6 Å². The van der Waals surface area contributed by atoms with Gasteiger partial charge in [-0.2, -0.15) is 0 Å². The molecule has 0 heterocycles. The summed E-state index contributed by atoms with van der Waals surface area (Å²) >= 11 is 5.98. The molecular formula is C123H162ClN5O4S. The van der Waals surface area contributed by atoms with Crippen LogP contribution in [-0.4, -0.2) is 13.3 Å². The van der Waals surface area contributed by atoms with E-state index in [0.717, 1.165) is 73.1 Å². The quantitative estimate of drug-likeness (QED) is 0.0271. The summed E-state index contributed by atoms with van der Waals surface area (Å²) in [6.45, 7) is 67.3. The molecule has 9 nitrogen and oxygen atoms in total. The monoisotopic (exact) mass is 1840 g/mol. The van der Waals surface area contributed by atoms with Crippen molar-refractivity contribution in [3.05, 3.63) is 413 Å². The predicted molar refractivity (Wildman–Crippen MR) is 582 cm³/mol. The molecule has 0 aliphatic rings. The Hall–Kier alpha value is -10.7. The molecule has 13 aromatic carbocycles. The number of hydrogen-bond acceptors (Lipinski definition) is 5. The van der Waals surface area contributed by atoms with E-state index in [2.05, 4.69) is 454 Å². The van der Waals surface area contributed by atoms with E-state index in [9.17, 15) is 18.5 Å². The van der Waals surface area contributed by atoms with Gasteiger partial charge in [0, 0.05) is 28.0 Å². The number of nitrogens with two attached hydrogens (primary N) is 1. The van der Waals surface area contributed by atoms with Crippen molar-refractivity contribution in [3.63, 3.8) is 0 Å². The van der Waals surface area contributed by atoms with Crippen LogP contribution in [0.3, 0.4) is 0 Å². The minimum Gasteiger partial charge on any atom is -0.258 e. The molecule has 0 spiro atoms. The van der Waals surface area contributed by atoms with Crippen molar-refractivity contribution in [2.45, 2.75) is 276 Å². The Morgan fingerprint density at radius 1 is 0.351 bits per heavy atom. The molecule has 0 saturated heterocycles. The molecular weight excluding hydrogens is 1680 g/mol. The summed E-state index contributed by atoms with van der Waals surface area (Å²) in [6.07, 6.45) is 8.51. The van der Waals surface area contributed by atoms with E-state index in [1.54, 1.807) is 24.3 Å². The molecule has 0 amide bonds. The number of primary sulfonamides is 1. The number of nitro groups is 1. The second-order valence-electron chi connectivity index (χ2n) is 46.8. The number of sulfonamides is 1. The second-order valence-corrected chi connectivity index (χ2v) is 48.8. The van der Waals surface area contributed by atoms with Gasteiger partial charge >= 0.3 is 0 Å². The third-order valence-electron chi connectivity index (χ3n) is 21.0.